The van der Waals surface area contributed by atoms with Crippen molar-refractivity contribution in [1.82, 2.24) is 0 Å². The van der Waals surface area contributed by atoms with Crippen molar-refractivity contribution in [3.05, 3.63) is 58.8 Å². The number of imide groups is 1. The van der Waals surface area contributed by atoms with E-state index in [1.165, 1.54) is 11.0 Å². The van der Waals surface area contributed by atoms with E-state index in [9.17, 15) is 14.0 Å². The topological polar surface area (TPSA) is 45.1 Å². The van der Waals surface area contributed by atoms with Crippen LogP contribution in [0.25, 0.3) is 0 Å². The van der Waals surface area contributed by atoms with E-state index in [4.69, 9.17) is 0 Å². The second kappa shape index (κ2) is 7.40. The fourth-order valence-electron chi connectivity index (χ4n) is 3.93. The molecule has 1 N–H and O–H groups in total. The molecule has 2 saturated heterocycles. The van der Waals surface area contributed by atoms with Crippen molar-refractivity contribution in [3.63, 3.8) is 0 Å². The Balaban J connectivity index is 1.45. The molecule has 2 aromatic carbocycles. The van der Waals surface area contributed by atoms with E-state index in [1.807, 2.05) is 23.1 Å². The van der Waals surface area contributed by atoms with E-state index in [0.29, 0.717) is 37.6 Å². The first-order valence-electron chi connectivity index (χ1n) is 9.01. The third-order valence-electron chi connectivity index (χ3n) is 5.30. The van der Waals surface area contributed by atoms with Gasteiger partial charge in [-0.2, -0.15) is 0 Å². The fraction of sp³-hybridized carbons (Fsp3) is 0.300. The molecule has 2 heterocycles. The second-order valence-corrected chi connectivity index (χ2v) is 7.82. The average Bonchev–Trinajstić information content (AvgIpc) is 2.96. The summed E-state index contributed by atoms with van der Waals surface area (Å²) in [6.07, 6.45) is 0.223. The first-order chi connectivity index (χ1) is 13.0. The molecule has 5 nitrogen and oxygen atoms in total. The van der Waals surface area contributed by atoms with Crippen LogP contribution in [0.3, 0.4) is 0 Å². The highest BCUT2D eigenvalue weighted by atomic mass is 79.9. The van der Waals surface area contributed by atoms with Crippen LogP contribution in [0.4, 0.5) is 15.8 Å². The Bertz CT molecular complexity index is 883. The molecule has 140 valence electrons. The van der Waals surface area contributed by atoms with Crippen LogP contribution in [0.2, 0.25) is 0 Å². The van der Waals surface area contributed by atoms with E-state index >= 15 is 0 Å². The highest BCUT2D eigenvalue weighted by Crippen LogP contribution is 2.25. The van der Waals surface area contributed by atoms with Crippen molar-refractivity contribution in [2.24, 2.45) is 0 Å². The number of quaternary nitrogens is 1. The number of hydrogen-bond donors (Lipinski definition) is 1. The number of nitrogens with zero attached hydrogens (tertiary/aromatic N) is 2. The van der Waals surface area contributed by atoms with Gasteiger partial charge in [0.25, 0.3) is 5.91 Å². The maximum Gasteiger partial charge on any atom is 0.292 e. The van der Waals surface area contributed by atoms with Gasteiger partial charge in [-0.25, -0.2) is 9.29 Å². The molecule has 7 heteroatoms. The van der Waals surface area contributed by atoms with Gasteiger partial charge in [-0.15, -0.1) is 0 Å². The van der Waals surface area contributed by atoms with E-state index in [-0.39, 0.29) is 30.1 Å². The number of halogens is 2. The number of piperazine rings is 1. The number of rotatable bonds is 3. The summed E-state index contributed by atoms with van der Waals surface area (Å²) in [5.74, 6) is -0.534. The highest BCUT2D eigenvalue weighted by Gasteiger charge is 2.46. The molecular weight excluding hydrogens is 413 g/mol. The number of nitrogens with one attached hydrogen (secondary N) is 1. The average molecular weight is 433 g/mol. The van der Waals surface area contributed by atoms with Crippen LogP contribution >= 0.6 is 15.9 Å². The molecule has 0 bridgehead atoms. The first kappa shape index (κ1) is 18.1. The third kappa shape index (κ3) is 3.49. The summed E-state index contributed by atoms with van der Waals surface area (Å²) < 4.78 is 14.8. The van der Waals surface area contributed by atoms with Crippen LogP contribution in [0.1, 0.15) is 6.42 Å². The van der Waals surface area contributed by atoms with Gasteiger partial charge in [-0.1, -0.05) is 34.1 Å². The molecule has 0 saturated carbocycles. The Morgan fingerprint density at radius 3 is 2.48 bits per heavy atom. The van der Waals surface area contributed by atoms with Gasteiger partial charge in [0.2, 0.25) is 5.91 Å². The summed E-state index contributed by atoms with van der Waals surface area (Å²) in [7, 11) is 0. The Kier molecular flexibility index (Phi) is 4.97. The van der Waals surface area contributed by atoms with Gasteiger partial charge in [-0.3, -0.25) is 9.59 Å². The molecule has 1 atom stereocenters. The van der Waals surface area contributed by atoms with Gasteiger partial charge in [-0.05, 0) is 30.3 Å². The van der Waals surface area contributed by atoms with Crippen LogP contribution in [-0.4, -0.2) is 44.0 Å². The lowest BCUT2D eigenvalue weighted by molar-refractivity contribution is -0.915. The molecule has 0 aromatic heterocycles. The summed E-state index contributed by atoms with van der Waals surface area (Å²) in [6, 6.07) is 13.6. The smallest absolute Gasteiger partial charge is 0.292 e. The van der Waals surface area contributed by atoms with Gasteiger partial charge < -0.3 is 9.80 Å². The molecule has 2 fully saturated rings. The lowest BCUT2D eigenvalue weighted by Crippen LogP contribution is -3.19. The second-order valence-electron chi connectivity index (χ2n) is 6.90. The van der Waals surface area contributed by atoms with Gasteiger partial charge in [0, 0.05) is 4.47 Å². The van der Waals surface area contributed by atoms with E-state index in [2.05, 4.69) is 15.9 Å². The molecule has 27 heavy (non-hydrogen) atoms. The lowest BCUT2D eigenvalue weighted by Gasteiger charge is -2.35. The quantitative estimate of drug-likeness (QED) is 0.749. The zero-order valence-electron chi connectivity index (χ0n) is 14.7. The summed E-state index contributed by atoms with van der Waals surface area (Å²) in [5.41, 5.74) is 1.20. The summed E-state index contributed by atoms with van der Waals surface area (Å²) >= 11 is 3.38. The van der Waals surface area contributed by atoms with Gasteiger partial charge in [0.05, 0.1) is 44.0 Å². The minimum Gasteiger partial charge on any atom is -0.358 e. The number of benzene rings is 2. The summed E-state index contributed by atoms with van der Waals surface area (Å²) in [5, 5.41) is 0. The van der Waals surface area contributed by atoms with Gasteiger partial charge >= 0.3 is 0 Å². The molecule has 0 aliphatic carbocycles. The number of carbonyl (C=O) groups excluding carboxylic acids is 2. The number of para-hydroxylation sites is 1. The zero-order chi connectivity index (χ0) is 19.0. The Labute approximate surface area is 165 Å². The molecule has 2 aromatic rings. The standard InChI is InChI=1S/C20H19BrFN3O2/c21-14-4-3-5-15(12-14)25-19(26)13-18(20(25)27)24-10-8-23(9-11-24)17-7-2-1-6-16(17)22/h1-7,12,18H,8-11,13H2/p+1/t18-/m0/s1. The Morgan fingerprint density at radius 1 is 1.04 bits per heavy atom. The zero-order valence-corrected chi connectivity index (χ0v) is 16.3. The largest absolute Gasteiger partial charge is 0.358 e. The van der Waals surface area contributed by atoms with Crippen molar-refractivity contribution >= 4 is 39.1 Å². The maximum absolute atomic E-state index is 14.0. The van der Waals surface area contributed by atoms with E-state index < -0.39 is 0 Å². The predicted octanol–water partition coefficient (Wildman–Crippen LogP) is 1.63. The van der Waals surface area contributed by atoms with Crippen molar-refractivity contribution in [1.29, 1.82) is 0 Å². The highest BCUT2D eigenvalue weighted by molar-refractivity contribution is 9.10. The van der Waals surface area contributed by atoms with Gasteiger partial charge in [0.15, 0.2) is 6.04 Å². The first-order valence-corrected chi connectivity index (χ1v) is 9.80. The Morgan fingerprint density at radius 2 is 1.78 bits per heavy atom. The minimum absolute atomic E-state index is 0.146. The van der Waals surface area contributed by atoms with Crippen LogP contribution in [0.5, 0.6) is 0 Å². The van der Waals surface area contributed by atoms with E-state index in [1.54, 1.807) is 24.3 Å². The molecule has 0 radical (unpaired) electrons. The predicted molar refractivity (Wildman–Crippen MR) is 104 cm³/mol. The minimum atomic E-state index is -0.362. The number of carbonyl (C=O) groups is 2. The molecule has 2 amide bonds. The summed E-state index contributed by atoms with van der Waals surface area (Å²) in [6.45, 7) is 2.71. The molecule has 2 aliphatic rings. The van der Waals surface area contributed by atoms with Crippen LogP contribution in [0.15, 0.2) is 53.0 Å². The maximum atomic E-state index is 14.0. The molecule has 2 aliphatic heterocycles. The number of amides is 2. The normalized spacial score (nSPS) is 21.2. The summed E-state index contributed by atoms with van der Waals surface area (Å²) in [4.78, 5) is 29.8. The van der Waals surface area contributed by atoms with E-state index in [0.717, 1.165) is 9.37 Å². The number of hydrogen-bond acceptors (Lipinski definition) is 3. The van der Waals surface area contributed by atoms with Crippen LogP contribution in [0, 0.1) is 5.82 Å². The van der Waals surface area contributed by atoms with Crippen molar-refractivity contribution in [2.75, 3.05) is 36.0 Å². The van der Waals surface area contributed by atoms with Crippen LogP contribution in [-0.2, 0) is 9.59 Å². The monoisotopic (exact) mass is 432 g/mol. The van der Waals surface area contributed by atoms with Gasteiger partial charge in [0.1, 0.15) is 5.82 Å². The van der Waals surface area contributed by atoms with Crippen LogP contribution < -0.4 is 14.7 Å². The Hall–Kier alpha value is -2.25. The van der Waals surface area contributed by atoms with Crippen molar-refractivity contribution in [2.45, 2.75) is 12.5 Å². The third-order valence-corrected chi connectivity index (χ3v) is 5.80. The fourth-order valence-corrected chi connectivity index (χ4v) is 4.32. The molecule has 4 rings (SSSR count). The molecular formula is C20H20BrFN3O2+. The van der Waals surface area contributed by atoms with Crippen molar-refractivity contribution < 1.29 is 18.9 Å². The van der Waals surface area contributed by atoms with Crippen molar-refractivity contribution in [3.8, 4) is 0 Å². The molecule has 0 spiro atoms. The SMILES string of the molecule is O=C1C[C@H]([NH+]2CCN(c3ccccc3F)CC2)C(=O)N1c1cccc(Br)c1. The lowest BCUT2D eigenvalue weighted by atomic mass is 10.1. The number of anilines is 2. The molecule has 0 unspecified atom stereocenters.